The number of hydrogen-bond acceptors (Lipinski definition) is 2. The fraction of sp³-hybridized carbons (Fsp3) is 0.308. The molecule has 0 aromatic heterocycles. The van der Waals surface area contributed by atoms with E-state index in [0.29, 0.717) is 6.54 Å². The molecule has 0 aliphatic carbocycles. The monoisotopic (exact) mass is 235 g/mol. The number of carbonyl (C=O) groups is 1. The van der Waals surface area contributed by atoms with Crippen LogP contribution in [0, 0.1) is 17.7 Å². The fourth-order valence-corrected chi connectivity index (χ4v) is 1.35. The Bertz CT molecular complexity index is 460. The molecule has 0 aliphatic rings. The highest BCUT2D eigenvalue weighted by Crippen LogP contribution is 2.10. The molecule has 0 fully saturated rings. The van der Waals surface area contributed by atoms with Crippen molar-refractivity contribution in [2.45, 2.75) is 19.9 Å². The molecule has 0 aliphatic heterocycles. The van der Waals surface area contributed by atoms with Crippen molar-refractivity contribution in [3.05, 3.63) is 35.1 Å². The Hall–Kier alpha value is -1.86. The minimum absolute atomic E-state index is 0.300. The van der Waals surface area contributed by atoms with E-state index in [1.165, 1.54) is 12.1 Å². The van der Waals surface area contributed by atoms with Gasteiger partial charge in [-0.3, -0.25) is 0 Å². The number of benzene rings is 1. The zero-order valence-electron chi connectivity index (χ0n) is 9.59. The fourth-order valence-electron chi connectivity index (χ4n) is 1.35. The van der Waals surface area contributed by atoms with Gasteiger partial charge in [-0.25, -0.2) is 9.18 Å². The average molecular weight is 235 g/mol. The Kier molecular flexibility index (Phi) is 5.18. The van der Waals surface area contributed by atoms with Gasteiger partial charge in [-0.2, -0.15) is 0 Å². The van der Waals surface area contributed by atoms with Crippen LogP contribution in [-0.4, -0.2) is 17.6 Å². The van der Waals surface area contributed by atoms with Gasteiger partial charge in [-0.15, -0.1) is 11.8 Å². The molecule has 1 aromatic carbocycles. The van der Waals surface area contributed by atoms with Crippen LogP contribution in [0.25, 0.3) is 0 Å². The van der Waals surface area contributed by atoms with Crippen molar-refractivity contribution in [2.24, 2.45) is 0 Å². The van der Waals surface area contributed by atoms with E-state index in [1.54, 1.807) is 13.0 Å². The van der Waals surface area contributed by atoms with E-state index in [9.17, 15) is 9.18 Å². The molecule has 17 heavy (non-hydrogen) atoms. The minimum Gasteiger partial charge on any atom is -0.478 e. The van der Waals surface area contributed by atoms with E-state index in [4.69, 9.17) is 5.11 Å². The van der Waals surface area contributed by atoms with Crippen LogP contribution in [0.1, 0.15) is 29.3 Å². The average Bonchev–Trinajstić information content (AvgIpc) is 2.28. The Labute approximate surface area is 99.7 Å². The molecule has 0 saturated carbocycles. The predicted molar refractivity (Wildman–Crippen MR) is 63.1 cm³/mol. The Balaban J connectivity index is 2.52. The third-order valence-corrected chi connectivity index (χ3v) is 2.20. The van der Waals surface area contributed by atoms with Crippen molar-refractivity contribution in [1.82, 2.24) is 5.32 Å². The van der Waals surface area contributed by atoms with E-state index in [-0.39, 0.29) is 5.56 Å². The van der Waals surface area contributed by atoms with E-state index >= 15 is 0 Å². The number of halogens is 1. The molecule has 2 N–H and O–H groups in total. The SMILES string of the molecule is CC#CCCNCc1ccc(C(=O)O)c(F)c1. The van der Waals surface area contributed by atoms with Crippen LogP contribution in [0.15, 0.2) is 18.2 Å². The smallest absolute Gasteiger partial charge is 0.338 e. The zero-order chi connectivity index (χ0) is 12.7. The maximum Gasteiger partial charge on any atom is 0.338 e. The lowest BCUT2D eigenvalue weighted by molar-refractivity contribution is 0.0692. The summed E-state index contributed by atoms with van der Waals surface area (Å²) in [5.74, 6) is 3.73. The lowest BCUT2D eigenvalue weighted by atomic mass is 10.1. The van der Waals surface area contributed by atoms with E-state index in [2.05, 4.69) is 17.2 Å². The van der Waals surface area contributed by atoms with Gasteiger partial charge in [-0.1, -0.05) is 6.07 Å². The molecule has 4 heteroatoms. The van der Waals surface area contributed by atoms with Crippen molar-refractivity contribution in [3.8, 4) is 11.8 Å². The van der Waals surface area contributed by atoms with Gasteiger partial charge in [0.1, 0.15) is 5.82 Å². The number of hydrogen-bond donors (Lipinski definition) is 2. The minimum atomic E-state index is -1.25. The molecule has 90 valence electrons. The second-order valence-corrected chi connectivity index (χ2v) is 3.47. The van der Waals surface area contributed by atoms with Gasteiger partial charge in [0, 0.05) is 19.5 Å². The van der Waals surface area contributed by atoms with E-state index in [1.807, 2.05) is 0 Å². The first kappa shape index (κ1) is 13.2. The summed E-state index contributed by atoms with van der Waals surface area (Å²) in [5.41, 5.74) is 0.419. The highest BCUT2D eigenvalue weighted by molar-refractivity contribution is 5.87. The standard InChI is InChI=1S/C13H14FNO2/c1-2-3-4-7-15-9-10-5-6-11(13(16)17)12(14)8-10/h5-6,8,15H,4,7,9H2,1H3,(H,16,17). The van der Waals surface area contributed by atoms with Gasteiger partial charge in [0.25, 0.3) is 0 Å². The summed E-state index contributed by atoms with van der Waals surface area (Å²) in [6, 6.07) is 4.12. The van der Waals surface area contributed by atoms with Gasteiger partial charge in [0.2, 0.25) is 0 Å². The lowest BCUT2D eigenvalue weighted by Crippen LogP contribution is -2.14. The highest BCUT2D eigenvalue weighted by Gasteiger charge is 2.09. The molecule has 0 amide bonds. The molecule has 0 bridgehead atoms. The molecule has 0 radical (unpaired) electrons. The highest BCUT2D eigenvalue weighted by atomic mass is 19.1. The molecule has 0 spiro atoms. The summed E-state index contributed by atoms with van der Waals surface area (Å²) in [6.45, 7) is 3.01. The summed E-state index contributed by atoms with van der Waals surface area (Å²) >= 11 is 0. The number of carboxylic acids is 1. The topological polar surface area (TPSA) is 49.3 Å². The van der Waals surface area contributed by atoms with Gasteiger partial charge >= 0.3 is 5.97 Å². The first-order chi connectivity index (χ1) is 8.15. The summed E-state index contributed by atoms with van der Waals surface area (Å²) in [5, 5.41) is 11.8. The normalized spacial score (nSPS) is 9.53. The zero-order valence-corrected chi connectivity index (χ0v) is 9.59. The number of rotatable bonds is 5. The Morgan fingerprint density at radius 3 is 2.88 bits per heavy atom. The third-order valence-electron chi connectivity index (χ3n) is 2.20. The van der Waals surface area contributed by atoms with Gasteiger partial charge in [0.15, 0.2) is 0 Å². The second-order valence-electron chi connectivity index (χ2n) is 3.47. The van der Waals surface area contributed by atoms with Crippen LogP contribution in [0.3, 0.4) is 0 Å². The first-order valence-electron chi connectivity index (χ1n) is 5.27. The van der Waals surface area contributed by atoms with E-state index < -0.39 is 11.8 Å². The molecule has 0 atom stereocenters. The van der Waals surface area contributed by atoms with Crippen LogP contribution in [0.5, 0.6) is 0 Å². The third kappa shape index (κ3) is 4.25. The van der Waals surface area contributed by atoms with Crippen molar-refractivity contribution < 1.29 is 14.3 Å². The molecular formula is C13H14FNO2. The molecule has 3 nitrogen and oxygen atoms in total. The van der Waals surface area contributed by atoms with Gasteiger partial charge < -0.3 is 10.4 Å². The number of aromatic carboxylic acids is 1. The molecule has 0 heterocycles. The van der Waals surface area contributed by atoms with Gasteiger partial charge in [-0.05, 0) is 24.6 Å². The molecule has 1 aromatic rings. The lowest BCUT2D eigenvalue weighted by Gasteiger charge is -2.04. The first-order valence-corrected chi connectivity index (χ1v) is 5.27. The van der Waals surface area contributed by atoms with Crippen LogP contribution < -0.4 is 5.32 Å². The molecule has 1 rings (SSSR count). The molecule has 0 unspecified atom stereocenters. The van der Waals surface area contributed by atoms with Crippen molar-refractivity contribution in [1.29, 1.82) is 0 Å². The summed E-state index contributed by atoms with van der Waals surface area (Å²) in [7, 11) is 0. The predicted octanol–water partition coefficient (Wildman–Crippen LogP) is 2.03. The van der Waals surface area contributed by atoms with Crippen molar-refractivity contribution >= 4 is 5.97 Å². The number of carboxylic acid groups (broad SMARTS) is 1. The maximum absolute atomic E-state index is 13.3. The van der Waals surface area contributed by atoms with Crippen molar-refractivity contribution in [3.63, 3.8) is 0 Å². The van der Waals surface area contributed by atoms with Gasteiger partial charge in [0.05, 0.1) is 5.56 Å². The molecule has 0 saturated heterocycles. The Morgan fingerprint density at radius 2 is 2.29 bits per heavy atom. The van der Waals surface area contributed by atoms with Crippen LogP contribution >= 0.6 is 0 Å². The van der Waals surface area contributed by atoms with E-state index in [0.717, 1.165) is 18.5 Å². The van der Waals surface area contributed by atoms with Crippen LogP contribution in [0.4, 0.5) is 4.39 Å². The quantitative estimate of drug-likeness (QED) is 0.606. The summed E-state index contributed by atoms with van der Waals surface area (Å²) in [6.07, 6.45) is 0.742. The summed E-state index contributed by atoms with van der Waals surface area (Å²) in [4.78, 5) is 10.6. The Morgan fingerprint density at radius 1 is 1.53 bits per heavy atom. The number of nitrogens with one attached hydrogen (secondary N) is 1. The van der Waals surface area contributed by atoms with Crippen LogP contribution in [0.2, 0.25) is 0 Å². The maximum atomic E-state index is 13.3. The second kappa shape index (κ2) is 6.66. The van der Waals surface area contributed by atoms with Crippen LogP contribution in [-0.2, 0) is 6.54 Å². The largest absolute Gasteiger partial charge is 0.478 e. The van der Waals surface area contributed by atoms with Crippen molar-refractivity contribution in [2.75, 3.05) is 6.54 Å². The summed E-state index contributed by atoms with van der Waals surface area (Å²) < 4.78 is 13.3. The molecular weight excluding hydrogens is 221 g/mol.